The van der Waals surface area contributed by atoms with Crippen molar-refractivity contribution in [3.63, 3.8) is 0 Å². The van der Waals surface area contributed by atoms with Gasteiger partial charge in [-0.1, -0.05) is 22.5 Å². The lowest BCUT2D eigenvalue weighted by atomic mass is 10.2. The second kappa shape index (κ2) is 6.31. The van der Waals surface area contributed by atoms with Crippen molar-refractivity contribution in [2.24, 2.45) is 10.3 Å². The third-order valence-corrected chi connectivity index (χ3v) is 1.92. The Hall–Kier alpha value is -1.17. The average Bonchev–Trinajstić information content (AvgIpc) is 2.13. The first-order valence-electron chi connectivity index (χ1n) is 3.95. The molecule has 0 aromatic carbocycles. The minimum Gasteiger partial charge on any atom is -0.399 e. The molecule has 0 aliphatic rings. The Balaban J connectivity index is 4.88. The number of thiocarbonyl (C=S) groups is 1. The van der Waals surface area contributed by atoms with E-state index in [2.05, 4.69) is 20.0 Å². The summed E-state index contributed by atoms with van der Waals surface area (Å²) in [5.74, 6) is 0. The summed E-state index contributed by atoms with van der Waals surface area (Å²) in [5, 5.41) is 7.53. The van der Waals surface area contributed by atoms with Gasteiger partial charge < -0.3 is 14.6 Å². The third kappa shape index (κ3) is 3.69. The number of hydrogen-bond acceptors (Lipinski definition) is 5. The molecule has 80 valence electrons. The second-order valence-corrected chi connectivity index (χ2v) is 3.07. The van der Waals surface area contributed by atoms with Crippen LogP contribution in [0.5, 0.6) is 0 Å². The van der Waals surface area contributed by atoms with Gasteiger partial charge >= 0.3 is 0 Å². The molecule has 0 saturated carbocycles. The second-order valence-electron chi connectivity index (χ2n) is 2.68. The summed E-state index contributed by atoms with van der Waals surface area (Å²) in [7, 11) is 6.58. The van der Waals surface area contributed by atoms with Crippen LogP contribution in [0.4, 0.5) is 0 Å². The molecule has 0 unspecified atom stereocenters. The van der Waals surface area contributed by atoms with Gasteiger partial charge in [-0.2, -0.15) is 0 Å². The van der Waals surface area contributed by atoms with Gasteiger partial charge in [0.1, 0.15) is 24.9 Å². The van der Waals surface area contributed by atoms with Crippen molar-refractivity contribution in [1.29, 1.82) is 0 Å². The fraction of sp³-hybridized carbons (Fsp3) is 0.625. The van der Waals surface area contributed by atoms with Gasteiger partial charge in [-0.25, -0.2) is 0 Å². The molecule has 0 aliphatic carbocycles. The number of nitrogens with zero attached hydrogens (tertiary/aromatic N) is 3. The van der Waals surface area contributed by atoms with Gasteiger partial charge in [-0.15, -0.1) is 0 Å². The largest absolute Gasteiger partial charge is 0.399 e. The van der Waals surface area contributed by atoms with E-state index >= 15 is 0 Å². The molecule has 0 spiro atoms. The van der Waals surface area contributed by atoms with Gasteiger partial charge in [0.2, 0.25) is 0 Å². The van der Waals surface area contributed by atoms with E-state index in [0.29, 0.717) is 16.4 Å². The zero-order valence-corrected chi connectivity index (χ0v) is 9.88. The predicted octanol–water partition coefficient (Wildman–Crippen LogP) is 0.900. The molecule has 6 heteroatoms. The first kappa shape index (κ1) is 12.8. The van der Waals surface area contributed by atoms with Gasteiger partial charge in [0, 0.05) is 14.1 Å². The molecule has 0 aromatic rings. The maximum absolute atomic E-state index is 5.13. The molecule has 0 N–H and O–H groups in total. The highest BCUT2D eigenvalue weighted by Crippen LogP contribution is 1.95. The molecule has 0 fully saturated rings. The highest BCUT2D eigenvalue weighted by atomic mass is 32.1. The van der Waals surface area contributed by atoms with Crippen molar-refractivity contribution >= 4 is 28.6 Å². The highest BCUT2D eigenvalue weighted by molar-refractivity contribution is 7.82. The summed E-state index contributed by atoms with van der Waals surface area (Å²) >= 11 is 5.13. The highest BCUT2D eigenvalue weighted by Gasteiger charge is 2.14. The summed E-state index contributed by atoms with van der Waals surface area (Å²) in [5.41, 5.74) is 1.07. The van der Waals surface area contributed by atoms with Crippen LogP contribution in [0.15, 0.2) is 10.3 Å². The monoisotopic (exact) mass is 217 g/mol. The van der Waals surface area contributed by atoms with Gasteiger partial charge in [-0.3, -0.25) is 0 Å². The number of oxime groups is 2. The van der Waals surface area contributed by atoms with Gasteiger partial charge in [-0.05, 0) is 6.92 Å². The van der Waals surface area contributed by atoms with Gasteiger partial charge in [0.25, 0.3) is 0 Å². The Morgan fingerprint density at radius 1 is 1.14 bits per heavy atom. The quantitative estimate of drug-likeness (QED) is 0.399. The first-order chi connectivity index (χ1) is 6.54. The Labute approximate surface area is 89.3 Å². The molecule has 0 bridgehead atoms. The van der Waals surface area contributed by atoms with Crippen LogP contribution in [0.2, 0.25) is 0 Å². The lowest BCUT2D eigenvalue weighted by Gasteiger charge is -2.14. The standard InChI is InChI=1S/C8H15N3O2S/c1-6(9-12-4)7(10-13-5)8(14)11(2)3/h1-5H3. The Morgan fingerprint density at radius 3 is 2.00 bits per heavy atom. The summed E-state index contributed by atoms with van der Waals surface area (Å²) in [4.78, 5) is 11.6. The first-order valence-corrected chi connectivity index (χ1v) is 4.36. The van der Waals surface area contributed by atoms with Crippen LogP contribution in [0.1, 0.15) is 6.92 Å². The average molecular weight is 217 g/mol. The van der Waals surface area contributed by atoms with Crippen molar-refractivity contribution < 1.29 is 9.68 Å². The Bertz CT molecular complexity index is 261. The van der Waals surface area contributed by atoms with E-state index in [0.717, 1.165) is 0 Å². The maximum Gasteiger partial charge on any atom is 0.161 e. The molecule has 14 heavy (non-hydrogen) atoms. The van der Waals surface area contributed by atoms with Crippen molar-refractivity contribution in [2.45, 2.75) is 6.92 Å². The minimum atomic E-state index is 0.495. The summed E-state index contributed by atoms with van der Waals surface area (Å²) < 4.78 is 0. The van der Waals surface area contributed by atoms with Crippen LogP contribution in [0.25, 0.3) is 0 Å². The zero-order chi connectivity index (χ0) is 11.1. The van der Waals surface area contributed by atoms with E-state index in [1.54, 1.807) is 11.8 Å². The van der Waals surface area contributed by atoms with Crippen LogP contribution in [0.3, 0.4) is 0 Å². The van der Waals surface area contributed by atoms with Crippen molar-refractivity contribution in [3.05, 3.63) is 0 Å². The molecule has 0 amide bonds. The van der Waals surface area contributed by atoms with E-state index in [-0.39, 0.29) is 0 Å². The van der Waals surface area contributed by atoms with Crippen LogP contribution in [0, 0.1) is 0 Å². The van der Waals surface area contributed by atoms with Crippen LogP contribution in [-0.2, 0) is 9.68 Å². The molecular formula is C8H15N3O2S. The maximum atomic E-state index is 5.13. The number of rotatable bonds is 4. The lowest BCUT2D eigenvalue weighted by Crippen LogP contribution is -2.32. The third-order valence-electron chi connectivity index (χ3n) is 1.36. The Kier molecular flexibility index (Phi) is 5.78. The fourth-order valence-corrected chi connectivity index (χ4v) is 0.928. The molecule has 0 aromatic heterocycles. The van der Waals surface area contributed by atoms with Crippen molar-refractivity contribution in [2.75, 3.05) is 28.3 Å². The van der Waals surface area contributed by atoms with Gasteiger partial charge in [0.15, 0.2) is 5.71 Å². The molecule has 0 saturated heterocycles. The molecular weight excluding hydrogens is 202 g/mol. The summed E-state index contributed by atoms with van der Waals surface area (Å²) in [6, 6.07) is 0. The molecule has 0 atom stereocenters. The SMILES string of the molecule is CON=C(C)C(=NOC)C(=S)N(C)C. The molecule has 5 nitrogen and oxygen atoms in total. The molecule has 0 heterocycles. The van der Waals surface area contributed by atoms with Crippen LogP contribution < -0.4 is 0 Å². The van der Waals surface area contributed by atoms with Crippen LogP contribution >= 0.6 is 12.2 Å². The number of hydrogen-bond donors (Lipinski definition) is 0. The van der Waals surface area contributed by atoms with E-state index in [1.807, 2.05) is 14.1 Å². The fourth-order valence-electron chi connectivity index (χ4n) is 0.743. The van der Waals surface area contributed by atoms with E-state index in [4.69, 9.17) is 12.2 Å². The topological polar surface area (TPSA) is 46.4 Å². The summed E-state index contributed by atoms with van der Waals surface area (Å²) in [6.07, 6.45) is 0. The summed E-state index contributed by atoms with van der Waals surface area (Å²) in [6.45, 7) is 1.75. The van der Waals surface area contributed by atoms with E-state index in [9.17, 15) is 0 Å². The van der Waals surface area contributed by atoms with Crippen molar-refractivity contribution in [1.82, 2.24) is 4.90 Å². The predicted molar refractivity (Wildman–Crippen MR) is 60.8 cm³/mol. The normalized spacial score (nSPS) is 12.4. The van der Waals surface area contributed by atoms with E-state index < -0.39 is 0 Å². The molecule has 0 rings (SSSR count). The van der Waals surface area contributed by atoms with Crippen molar-refractivity contribution in [3.8, 4) is 0 Å². The van der Waals surface area contributed by atoms with Crippen LogP contribution in [-0.4, -0.2) is 49.6 Å². The van der Waals surface area contributed by atoms with Gasteiger partial charge in [0.05, 0.1) is 0 Å². The Morgan fingerprint density at radius 2 is 1.64 bits per heavy atom. The lowest BCUT2D eigenvalue weighted by molar-refractivity contribution is 0.210. The minimum absolute atomic E-state index is 0.495. The molecule has 0 radical (unpaired) electrons. The smallest absolute Gasteiger partial charge is 0.161 e. The zero-order valence-electron chi connectivity index (χ0n) is 9.07. The molecule has 0 aliphatic heterocycles. The van der Waals surface area contributed by atoms with E-state index in [1.165, 1.54) is 14.2 Å².